The Morgan fingerprint density at radius 3 is 3.00 bits per heavy atom. The second kappa shape index (κ2) is 5.48. The minimum atomic E-state index is 0.458. The Kier molecular flexibility index (Phi) is 3.99. The first-order chi connectivity index (χ1) is 7.81. The molecular formula is C13H16ClNO. The Hall–Kier alpha value is -0.830. The first-order valence-corrected chi connectivity index (χ1v) is 5.93. The van der Waals surface area contributed by atoms with E-state index < -0.39 is 0 Å². The van der Waals surface area contributed by atoms with Gasteiger partial charge in [-0.05, 0) is 23.6 Å². The van der Waals surface area contributed by atoms with Crippen molar-refractivity contribution >= 4 is 17.7 Å². The van der Waals surface area contributed by atoms with Crippen LogP contribution in [0.25, 0.3) is 6.08 Å². The van der Waals surface area contributed by atoms with Gasteiger partial charge in [-0.1, -0.05) is 35.9 Å². The highest BCUT2D eigenvalue weighted by Crippen LogP contribution is 2.31. The number of nitrogens with two attached hydrogens (primary N) is 1. The van der Waals surface area contributed by atoms with E-state index in [1.807, 2.05) is 18.2 Å². The van der Waals surface area contributed by atoms with Gasteiger partial charge in [-0.25, -0.2) is 0 Å². The van der Waals surface area contributed by atoms with Crippen LogP contribution in [-0.4, -0.2) is 19.8 Å². The van der Waals surface area contributed by atoms with Crippen LogP contribution in [0.2, 0.25) is 5.02 Å². The third kappa shape index (κ3) is 2.64. The van der Waals surface area contributed by atoms with E-state index in [0.717, 1.165) is 30.2 Å². The molecule has 0 spiro atoms. The van der Waals surface area contributed by atoms with Crippen LogP contribution < -0.4 is 5.73 Å². The third-order valence-corrected chi connectivity index (χ3v) is 3.17. The molecule has 2 nitrogen and oxygen atoms in total. The molecule has 0 bridgehead atoms. The summed E-state index contributed by atoms with van der Waals surface area (Å²) < 4.78 is 5.37. The van der Waals surface area contributed by atoms with E-state index in [9.17, 15) is 0 Å². The van der Waals surface area contributed by atoms with Crippen LogP contribution in [0.5, 0.6) is 0 Å². The van der Waals surface area contributed by atoms with Crippen molar-refractivity contribution in [2.75, 3.05) is 19.8 Å². The van der Waals surface area contributed by atoms with Crippen LogP contribution in [0.4, 0.5) is 0 Å². The van der Waals surface area contributed by atoms with E-state index in [0.29, 0.717) is 12.5 Å². The molecule has 3 heteroatoms. The van der Waals surface area contributed by atoms with Crippen LogP contribution in [-0.2, 0) is 4.74 Å². The average Bonchev–Trinajstić information content (AvgIpc) is 2.80. The lowest BCUT2D eigenvalue weighted by molar-refractivity contribution is 0.194. The predicted molar refractivity (Wildman–Crippen MR) is 67.7 cm³/mol. The van der Waals surface area contributed by atoms with Crippen molar-refractivity contribution in [3.8, 4) is 0 Å². The smallest absolute Gasteiger partial charge is 0.0536 e. The molecule has 1 heterocycles. The van der Waals surface area contributed by atoms with Gasteiger partial charge in [-0.15, -0.1) is 0 Å². The van der Waals surface area contributed by atoms with Gasteiger partial charge >= 0.3 is 0 Å². The third-order valence-electron chi connectivity index (χ3n) is 2.84. The standard InChI is InChI=1S/C13H16ClNO/c14-13-8-10(2-1-6-15)3-4-12(13)11-5-7-16-9-11/h1-4,8,11H,5-7,9,15H2/b2-1+. The molecule has 0 aromatic heterocycles. The minimum absolute atomic E-state index is 0.458. The fraction of sp³-hybridized carbons (Fsp3) is 0.385. The molecule has 1 saturated heterocycles. The lowest BCUT2D eigenvalue weighted by Gasteiger charge is -2.10. The van der Waals surface area contributed by atoms with E-state index in [4.69, 9.17) is 22.1 Å². The fourth-order valence-electron chi connectivity index (χ4n) is 1.96. The number of hydrogen-bond acceptors (Lipinski definition) is 2. The van der Waals surface area contributed by atoms with Crippen molar-refractivity contribution < 1.29 is 4.74 Å². The van der Waals surface area contributed by atoms with Gasteiger partial charge in [0.25, 0.3) is 0 Å². The van der Waals surface area contributed by atoms with Crippen LogP contribution in [0.3, 0.4) is 0 Å². The highest BCUT2D eigenvalue weighted by atomic mass is 35.5. The summed E-state index contributed by atoms with van der Waals surface area (Å²) in [4.78, 5) is 0. The van der Waals surface area contributed by atoms with E-state index in [1.165, 1.54) is 5.56 Å². The van der Waals surface area contributed by atoms with Crippen LogP contribution in [0, 0.1) is 0 Å². The molecule has 1 aromatic rings. The Morgan fingerprint density at radius 2 is 2.38 bits per heavy atom. The van der Waals surface area contributed by atoms with Crippen molar-refractivity contribution in [1.82, 2.24) is 0 Å². The quantitative estimate of drug-likeness (QED) is 0.878. The van der Waals surface area contributed by atoms with Crippen molar-refractivity contribution in [2.24, 2.45) is 5.73 Å². The molecule has 16 heavy (non-hydrogen) atoms. The summed E-state index contributed by atoms with van der Waals surface area (Å²) in [6, 6.07) is 6.16. The molecule has 0 aliphatic carbocycles. The molecule has 1 aliphatic heterocycles. The van der Waals surface area contributed by atoms with Gasteiger partial charge in [0.2, 0.25) is 0 Å². The van der Waals surface area contributed by atoms with E-state index in [-0.39, 0.29) is 0 Å². The number of ether oxygens (including phenoxy) is 1. The summed E-state index contributed by atoms with van der Waals surface area (Å²) in [6.45, 7) is 2.18. The van der Waals surface area contributed by atoms with Crippen LogP contribution in [0.15, 0.2) is 24.3 Å². The largest absolute Gasteiger partial charge is 0.381 e. The average molecular weight is 238 g/mol. The molecule has 2 rings (SSSR count). The summed E-state index contributed by atoms with van der Waals surface area (Å²) in [7, 11) is 0. The normalized spacial score (nSPS) is 20.8. The molecule has 1 atom stereocenters. The zero-order chi connectivity index (χ0) is 11.4. The number of halogens is 1. The molecule has 1 aliphatic rings. The Labute approximate surface area is 101 Å². The Balaban J connectivity index is 2.18. The number of rotatable bonds is 3. The molecule has 1 unspecified atom stereocenters. The van der Waals surface area contributed by atoms with Gasteiger partial charge in [0, 0.05) is 24.1 Å². The molecule has 1 aromatic carbocycles. The zero-order valence-corrected chi connectivity index (χ0v) is 9.91. The second-order valence-corrected chi connectivity index (χ2v) is 4.39. The summed E-state index contributed by atoms with van der Waals surface area (Å²) in [6.07, 6.45) is 4.97. The van der Waals surface area contributed by atoms with Crippen molar-refractivity contribution in [2.45, 2.75) is 12.3 Å². The lowest BCUT2D eigenvalue weighted by Crippen LogP contribution is -1.98. The van der Waals surface area contributed by atoms with Gasteiger partial charge in [-0.2, -0.15) is 0 Å². The topological polar surface area (TPSA) is 35.2 Å². The van der Waals surface area contributed by atoms with Crippen molar-refractivity contribution in [3.05, 3.63) is 40.4 Å². The highest BCUT2D eigenvalue weighted by Gasteiger charge is 2.19. The van der Waals surface area contributed by atoms with E-state index >= 15 is 0 Å². The first-order valence-electron chi connectivity index (χ1n) is 5.55. The monoisotopic (exact) mass is 237 g/mol. The van der Waals surface area contributed by atoms with E-state index in [1.54, 1.807) is 0 Å². The van der Waals surface area contributed by atoms with Crippen molar-refractivity contribution in [1.29, 1.82) is 0 Å². The predicted octanol–water partition coefficient (Wildman–Crippen LogP) is 2.82. The Morgan fingerprint density at radius 1 is 1.50 bits per heavy atom. The summed E-state index contributed by atoms with van der Waals surface area (Å²) in [5.41, 5.74) is 7.70. The zero-order valence-electron chi connectivity index (χ0n) is 9.16. The SMILES string of the molecule is NC/C=C/c1ccc(C2CCOC2)c(Cl)c1. The molecule has 0 radical (unpaired) electrons. The van der Waals surface area contributed by atoms with Crippen LogP contribution in [0.1, 0.15) is 23.5 Å². The van der Waals surface area contributed by atoms with Gasteiger partial charge in [0.05, 0.1) is 6.61 Å². The van der Waals surface area contributed by atoms with Gasteiger partial charge in [0.15, 0.2) is 0 Å². The molecule has 0 saturated carbocycles. The van der Waals surface area contributed by atoms with Gasteiger partial charge in [0.1, 0.15) is 0 Å². The summed E-state index contributed by atoms with van der Waals surface area (Å²) >= 11 is 6.27. The molecule has 86 valence electrons. The van der Waals surface area contributed by atoms with Crippen molar-refractivity contribution in [3.63, 3.8) is 0 Å². The maximum atomic E-state index is 6.27. The summed E-state index contributed by atoms with van der Waals surface area (Å²) in [5, 5.41) is 0.828. The lowest BCUT2D eigenvalue weighted by atomic mass is 9.97. The second-order valence-electron chi connectivity index (χ2n) is 3.98. The maximum Gasteiger partial charge on any atom is 0.0536 e. The van der Waals surface area contributed by atoms with Gasteiger partial charge < -0.3 is 10.5 Å². The molecule has 0 amide bonds. The van der Waals surface area contributed by atoms with E-state index in [2.05, 4.69) is 12.1 Å². The molecular weight excluding hydrogens is 222 g/mol. The van der Waals surface area contributed by atoms with Gasteiger partial charge in [-0.3, -0.25) is 0 Å². The summed E-state index contributed by atoms with van der Waals surface area (Å²) in [5.74, 6) is 0.458. The Bertz CT molecular complexity index is 384. The maximum absolute atomic E-state index is 6.27. The molecule has 1 fully saturated rings. The highest BCUT2D eigenvalue weighted by molar-refractivity contribution is 6.31. The van der Waals surface area contributed by atoms with Crippen LogP contribution >= 0.6 is 11.6 Å². The molecule has 2 N–H and O–H groups in total. The number of hydrogen-bond donors (Lipinski definition) is 1. The number of benzene rings is 1. The first kappa shape index (κ1) is 11.6. The minimum Gasteiger partial charge on any atom is -0.381 e. The fourth-order valence-corrected chi connectivity index (χ4v) is 2.31.